The predicted octanol–water partition coefficient (Wildman–Crippen LogP) is 1.41. The molecule has 2 nitrogen and oxygen atoms in total. The third-order valence-corrected chi connectivity index (χ3v) is 1.19. The van der Waals surface area contributed by atoms with Crippen LogP contribution in [0.4, 0.5) is 0 Å². The van der Waals surface area contributed by atoms with Gasteiger partial charge in [-0.2, -0.15) is 0 Å². The fourth-order valence-corrected chi connectivity index (χ4v) is 0.912. The van der Waals surface area contributed by atoms with Gasteiger partial charge in [0.05, 0.1) is 6.61 Å². The second-order valence-electron chi connectivity index (χ2n) is 2.88. The van der Waals surface area contributed by atoms with E-state index < -0.39 is 0 Å². The molecular formula is C8H19NO. The lowest BCUT2D eigenvalue weighted by atomic mass is 10.3. The second-order valence-corrected chi connectivity index (χ2v) is 2.88. The van der Waals surface area contributed by atoms with Gasteiger partial charge in [0.15, 0.2) is 0 Å². The van der Waals surface area contributed by atoms with Gasteiger partial charge in [0.1, 0.15) is 0 Å². The van der Waals surface area contributed by atoms with Gasteiger partial charge in [0.25, 0.3) is 0 Å². The summed E-state index contributed by atoms with van der Waals surface area (Å²) < 4.78 is 5.23. The Morgan fingerprint density at radius 2 is 1.90 bits per heavy atom. The molecule has 0 saturated carbocycles. The maximum Gasteiger partial charge on any atom is 0.0616 e. The number of hydrogen-bond acceptors (Lipinski definition) is 2. The Balaban J connectivity index is 3.16. The largest absolute Gasteiger partial charge is 0.380 e. The molecule has 2 heteroatoms. The van der Waals surface area contributed by atoms with Crippen LogP contribution in [0.25, 0.3) is 0 Å². The molecule has 0 amide bonds. The molecule has 1 N–H and O–H groups in total. The molecule has 0 aromatic rings. The number of nitrogens with one attached hydrogen (secondary N) is 1. The SMILES string of the molecule is CCOCC(C)NC(C)C. The molecule has 0 bridgehead atoms. The van der Waals surface area contributed by atoms with Crippen LogP contribution in [0.2, 0.25) is 0 Å². The van der Waals surface area contributed by atoms with Crippen LogP contribution in [0.3, 0.4) is 0 Å². The van der Waals surface area contributed by atoms with Crippen molar-refractivity contribution < 1.29 is 4.74 Å². The van der Waals surface area contributed by atoms with Crippen LogP contribution in [0.5, 0.6) is 0 Å². The summed E-state index contributed by atoms with van der Waals surface area (Å²) in [6.07, 6.45) is 0. The molecule has 0 aromatic heterocycles. The second kappa shape index (κ2) is 5.69. The van der Waals surface area contributed by atoms with E-state index in [0.29, 0.717) is 12.1 Å². The lowest BCUT2D eigenvalue weighted by molar-refractivity contribution is 0.125. The lowest BCUT2D eigenvalue weighted by Gasteiger charge is -2.15. The molecular weight excluding hydrogens is 126 g/mol. The maximum absolute atomic E-state index is 5.23. The predicted molar refractivity (Wildman–Crippen MR) is 44.2 cm³/mol. The van der Waals surface area contributed by atoms with Crippen molar-refractivity contribution in [2.75, 3.05) is 13.2 Å². The summed E-state index contributed by atoms with van der Waals surface area (Å²) in [5, 5.41) is 3.35. The van der Waals surface area contributed by atoms with E-state index in [9.17, 15) is 0 Å². The van der Waals surface area contributed by atoms with Crippen molar-refractivity contribution in [2.24, 2.45) is 0 Å². The first-order chi connectivity index (χ1) is 4.66. The molecule has 0 fully saturated rings. The average Bonchev–Trinajstić information content (AvgIpc) is 1.82. The van der Waals surface area contributed by atoms with Crippen LogP contribution in [0.1, 0.15) is 27.7 Å². The van der Waals surface area contributed by atoms with Gasteiger partial charge in [-0.05, 0) is 13.8 Å². The van der Waals surface area contributed by atoms with Crippen LogP contribution in [-0.4, -0.2) is 25.3 Å². The van der Waals surface area contributed by atoms with E-state index >= 15 is 0 Å². The van der Waals surface area contributed by atoms with Crippen molar-refractivity contribution in [3.63, 3.8) is 0 Å². The van der Waals surface area contributed by atoms with Gasteiger partial charge in [-0.25, -0.2) is 0 Å². The summed E-state index contributed by atoms with van der Waals surface area (Å²) in [6.45, 7) is 10.1. The number of ether oxygens (including phenoxy) is 1. The van der Waals surface area contributed by atoms with E-state index in [2.05, 4.69) is 26.1 Å². The van der Waals surface area contributed by atoms with E-state index in [1.54, 1.807) is 0 Å². The zero-order valence-electron chi connectivity index (χ0n) is 7.48. The molecule has 62 valence electrons. The Kier molecular flexibility index (Phi) is 5.64. The minimum Gasteiger partial charge on any atom is -0.380 e. The summed E-state index contributed by atoms with van der Waals surface area (Å²) in [6, 6.07) is 1.02. The quantitative estimate of drug-likeness (QED) is 0.631. The number of hydrogen-bond donors (Lipinski definition) is 1. The highest BCUT2D eigenvalue weighted by Crippen LogP contribution is 1.86. The fraction of sp³-hybridized carbons (Fsp3) is 1.00. The highest BCUT2D eigenvalue weighted by atomic mass is 16.5. The van der Waals surface area contributed by atoms with Gasteiger partial charge in [-0.3, -0.25) is 0 Å². The van der Waals surface area contributed by atoms with E-state index in [0.717, 1.165) is 13.2 Å². The molecule has 0 rings (SSSR count). The zero-order valence-corrected chi connectivity index (χ0v) is 7.48. The molecule has 1 atom stereocenters. The summed E-state index contributed by atoms with van der Waals surface area (Å²) in [7, 11) is 0. The van der Waals surface area contributed by atoms with Crippen LogP contribution >= 0.6 is 0 Å². The molecule has 0 heterocycles. The third-order valence-electron chi connectivity index (χ3n) is 1.19. The zero-order chi connectivity index (χ0) is 7.98. The Bertz CT molecular complexity index is 73.7. The van der Waals surface area contributed by atoms with Crippen LogP contribution in [0.15, 0.2) is 0 Å². The van der Waals surface area contributed by atoms with Gasteiger partial charge in [-0.1, -0.05) is 13.8 Å². The molecule has 10 heavy (non-hydrogen) atoms. The molecule has 0 radical (unpaired) electrons. The highest BCUT2D eigenvalue weighted by Gasteiger charge is 2.01. The third kappa shape index (κ3) is 6.05. The molecule has 0 aliphatic rings. The first-order valence-corrected chi connectivity index (χ1v) is 4.00. The van der Waals surface area contributed by atoms with E-state index in [4.69, 9.17) is 4.74 Å². The van der Waals surface area contributed by atoms with Crippen LogP contribution in [-0.2, 0) is 4.74 Å². The Morgan fingerprint density at radius 3 is 2.30 bits per heavy atom. The topological polar surface area (TPSA) is 21.3 Å². The van der Waals surface area contributed by atoms with Gasteiger partial charge < -0.3 is 10.1 Å². The first-order valence-electron chi connectivity index (χ1n) is 4.00. The van der Waals surface area contributed by atoms with Gasteiger partial charge >= 0.3 is 0 Å². The van der Waals surface area contributed by atoms with Crippen molar-refractivity contribution in [3.8, 4) is 0 Å². The smallest absolute Gasteiger partial charge is 0.0616 e. The van der Waals surface area contributed by atoms with E-state index in [1.165, 1.54) is 0 Å². The van der Waals surface area contributed by atoms with Gasteiger partial charge in [0, 0.05) is 18.7 Å². The summed E-state index contributed by atoms with van der Waals surface area (Å²) >= 11 is 0. The Morgan fingerprint density at radius 1 is 1.30 bits per heavy atom. The minimum absolute atomic E-state index is 0.472. The van der Waals surface area contributed by atoms with Gasteiger partial charge in [0.2, 0.25) is 0 Å². The molecule has 0 aromatic carbocycles. The normalized spacial score (nSPS) is 14.1. The fourth-order valence-electron chi connectivity index (χ4n) is 0.912. The van der Waals surface area contributed by atoms with E-state index in [1.807, 2.05) is 6.92 Å². The number of rotatable bonds is 5. The van der Waals surface area contributed by atoms with Crippen LogP contribution < -0.4 is 5.32 Å². The molecule has 0 saturated heterocycles. The summed E-state index contributed by atoms with van der Waals surface area (Å²) in [4.78, 5) is 0. The standard InChI is InChI=1S/C8H19NO/c1-5-10-6-8(4)9-7(2)3/h7-9H,5-6H2,1-4H3. The minimum atomic E-state index is 0.472. The monoisotopic (exact) mass is 145 g/mol. The van der Waals surface area contributed by atoms with Crippen molar-refractivity contribution in [1.29, 1.82) is 0 Å². The van der Waals surface area contributed by atoms with Gasteiger partial charge in [-0.15, -0.1) is 0 Å². The summed E-state index contributed by atoms with van der Waals surface area (Å²) in [5.41, 5.74) is 0. The van der Waals surface area contributed by atoms with Crippen molar-refractivity contribution in [2.45, 2.75) is 39.8 Å². The van der Waals surface area contributed by atoms with Crippen molar-refractivity contribution in [3.05, 3.63) is 0 Å². The van der Waals surface area contributed by atoms with E-state index in [-0.39, 0.29) is 0 Å². The molecule has 0 aliphatic heterocycles. The summed E-state index contributed by atoms with van der Waals surface area (Å²) in [5.74, 6) is 0. The molecule has 1 unspecified atom stereocenters. The van der Waals surface area contributed by atoms with Crippen LogP contribution in [0, 0.1) is 0 Å². The Hall–Kier alpha value is -0.0800. The Labute approximate surface area is 64.0 Å². The average molecular weight is 145 g/mol. The first kappa shape index (κ1) is 9.92. The van der Waals surface area contributed by atoms with Crippen molar-refractivity contribution in [1.82, 2.24) is 5.32 Å². The highest BCUT2D eigenvalue weighted by molar-refractivity contribution is 4.61. The lowest BCUT2D eigenvalue weighted by Crippen LogP contribution is -2.35. The van der Waals surface area contributed by atoms with Crippen molar-refractivity contribution >= 4 is 0 Å². The molecule has 0 spiro atoms. The molecule has 0 aliphatic carbocycles. The maximum atomic E-state index is 5.23.